The number of carbonyl (C=O) groups is 1. The van der Waals surface area contributed by atoms with Gasteiger partial charge in [-0.25, -0.2) is 4.79 Å². The SMILES string of the molecule is CC(C)(C)OC(=O)NC12CCC(Br)(CC1)CC2. The van der Waals surface area contributed by atoms with E-state index in [9.17, 15) is 4.79 Å². The molecule has 0 aromatic rings. The standard InChI is InChI=1S/C13H22BrNO2/c1-11(2,3)17-10(16)15-13-7-4-12(14,5-8-13)6-9-13/h4-9H2,1-3H3,(H,15,16). The van der Waals surface area contributed by atoms with E-state index in [0.29, 0.717) is 4.32 Å². The molecule has 98 valence electrons. The van der Waals surface area contributed by atoms with E-state index in [-0.39, 0.29) is 11.6 Å². The first-order valence-corrected chi connectivity index (χ1v) is 7.22. The number of hydrogen-bond donors (Lipinski definition) is 1. The number of rotatable bonds is 1. The molecule has 0 aromatic heterocycles. The van der Waals surface area contributed by atoms with Crippen LogP contribution in [0.15, 0.2) is 0 Å². The highest BCUT2D eigenvalue weighted by Gasteiger charge is 2.48. The number of ether oxygens (including phenoxy) is 1. The Labute approximate surface area is 112 Å². The number of nitrogens with one attached hydrogen (secondary N) is 1. The lowest BCUT2D eigenvalue weighted by molar-refractivity contribution is 0.0346. The largest absolute Gasteiger partial charge is 0.444 e. The zero-order valence-electron chi connectivity index (χ0n) is 10.9. The Bertz CT molecular complexity index is 297. The fourth-order valence-corrected chi connectivity index (χ4v) is 3.44. The third kappa shape index (κ3) is 3.15. The smallest absolute Gasteiger partial charge is 0.408 e. The third-order valence-corrected chi connectivity index (χ3v) is 5.11. The van der Waals surface area contributed by atoms with Crippen molar-refractivity contribution in [2.45, 2.75) is 74.8 Å². The molecule has 1 amide bonds. The van der Waals surface area contributed by atoms with Crippen molar-refractivity contribution in [3.8, 4) is 0 Å². The van der Waals surface area contributed by atoms with Crippen molar-refractivity contribution >= 4 is 22.0 Å². The Kier molecular flexibility index (Phi) is 3.22. The average molecular weight is 304 g/mol. The van der Waals surface area contributed by atoms with Gasteiger partial charge in [-0.3, -0.25) is 0 Å². The number of alkyl halides is 1. The summed E-state index contributed by atoms with van der Waals surface area (Å²) in [7, 11) is 0. The number of hydrogen-bond acceptors (Lipinski definition) is 2. The van der Waals surface area contributed by atoms with Crippen LogP contribution in [0.1, 0.15) is 59.3 Å². The van der Waals surface area contributed by atoms with Crippen molar-refractivity contribution in [1.82, 2.24) is 5.32 Å². The second-order valence-electron chi connectivity index (χ2n) is 6.56. The molecule has 3 aliphatic carbocycles. The molecule has 0 aliphatic heterocycles. The van der Waals surface area contributed by atoms with Crippen molar-refractivity contribution < 1.29 is 9.53 Å². The van der Waals surface area contributed by atoms with E-state index in [1.54, 1.807) is 0 Å². The molecule has 0 atom stereocenters. The van der Waals surface area contributed by atoms with Gasteiger partial charge in [0.05, 0.1) is 0 Å². The average Bonchev–Trinajstić information content (AvgIpc) is 2.17. The minimum atomic E-state index is -0.413. The van der Waals surface area contributed by atoms with Gasteiger partial charge in [0, 0.05) is 9.86 Å². The van der Waals surface area contributed by atoms with Gasteiger partial charge in [-0.2, -0.15) is 0 Å². The fraction of sp³-hybridized carbons (Fsp3) is 0.923. The van der Waals surface area contributed by atoms with E-state index in [1.807, 2.05) is 20.8 Å². The molecule has 3 nitrogen and oxygen atoms in total. The molecule has 0 heterocycles. The molecule has 0 unspecified atom stereocenters. The van der Waals surface area contributed by atoms with E-state index in [1.165, 1.54) is 0 Å². The molecule has 0 aromatic carbocycles. The number of fused-ring (bicyclic) bond motifs is 3. The highest BCUT2D eigenvalue weighted by Crippen LogP contribution is 2.51. The Hall–Kier alpha value is -0.250. The molecule has 3 rings (SSSR count). The molecule has 4 heteroatoms. The summed E-state index contributed by atoms with van der Waals surface area (Å²) >= 11 is 3.83. The topological polar surface area (TPSA) is 38.3 Å². The molecule has 3 saturated carbocycles. The summed E-state index contributed by atoms with van der Waals surface area (Å²) < 4.78 is 5.70. The zero-order valence-corrected chi connectivity index (χ0v) is 12.5. The summed E-state index contributed by atoms with van der Waals surface area (Å²) in [5, 5.41) is 3.11. The second kappa shape index (κ2) is 4.15. The Balaban J connectivity index is 1.93. The monoisotopic (exact) mass is 303 g/mol. The summed E-state index contributed by atoms with van der Waals surface area (Å²) in [4.78, 5) is 11.8. The van der Waals surface area contributed by atoms with Gasteiger partial charge in [0.25, 0.3) is 0 Å². The van der Waals surface area contributed by atoms with Gasteiger partial charge in [-0.05, 0) is 59.3 Å². The van der Waals surface area contributed by atoms with Crippen molar-refractivity contribution in [1.29, 1.82) is 0 Å². The lowest BCUT2D eigenvalue weighted by Crippen LogP contribution is -2.57. The number of carbonyl (C=O) groups excluding carboxylic acids is 1. The van der Waals surface area contributed by atoms with Gasteiger partial charge in [0.15, 0.2) is 0 Å². The molecule has 2 bridgehead atoms. The molecule has 3 fully saturated rings. The van der Waals surface area contributed by atoms with Crippen LogP contribution >= 0.6 is 15.9 Å². The first-order chi connectivity index (χ1) is 7.72. The fourth-order valence-electron chi connectivity index (χ4n) is 2.85. The van der Waals surface area contributed by atoms with Crippen LogP contribution in [-0.4, -0.2) is 21.6 Å². The minimum Gasteiger partial charge on any atom is -0.444 e. The van der Waals surface area contributed by atoms with E-state index >= 15 is 0 Å². The molecular formula is C13H22BrNO2. The second-order valence-corrected chi connectivity index (χ2v) is 8.24. The van der Waals surface area contributed by atoms with Crippen molar-refractivity contribution in [2.24, 2.45) is 0 Å². The maximum absolute atomic E-state index is 11.8. The van der Waals surface area contributed by atoms with Gasteiger partial charge in [0.2, 0.25) is 0 Å². The molecule has 0 saturated heterocycles. The molecule has 0 radical (unpaired) electrons. The van der Waals surface area contributed by atoms with Crippen LogP contribution in [0.25, 0.3) is 0 Å². The van der Waals surface area contributed by atoms with Crippen LogP contribution in [-0.2, 0) is 4.74 Å². The van der Waals surface area contributed by atoms with Gasteiger partial charge in [0.1, 0.15) is 5.60 Å². The van der Waals surface area contributed by atoms with Crippen LogP contribution in [0.4, 0.5) is 4.79 Å². The van der Waals surface area contributed by atoms with Crippen LogP contribution in [0.5, 0.6) is 0 Å². The minimum absolute atomic E-state index is 0.00213. The van der Waals surface area contributed by atoms with Crippen LogP contribution in [0, 0.1) is 0 Å². The Morgan fingerprint density at radius 2 is 1.59 bits per heavy atom. The van der Waals surface area contributed by atoms with Crippen LogP contribution in [0.2, 0.25) is 0 Å². The summed E-state index contributed by atoms with van der Waals surface area (Å²) in [6, 6.07) is 0. The van der Waals surface area contributed by atoms with Gasteiger partial charge >= 0.3 is 6.09 Å². The summed E-state index contributed by atoms with van der Waals surface area (Å²) in [5.41, 5.74) is -0.416. The van der Waals surface area contributed by atoms with Crippen LogP contribution in [0.3, 0.4) is 0 Å². The van der Waals surface area contributed by atoms with Crippen molar-refractivity contribution in [3.63, 3.8) is 0 Å². The lowest BCUT2D eigenvalue weighted by Gasteiger charge is -2.51. The first kappa shape index (κ1) is 13.2. The maximum atomic E-state index is 11.8. The summed E-state index contributed by atoms with van der Waals surface area (Å²) in [5.74, 6) is 0. The van der Waals surface area contributed by atoms with Gasteiger partial charge in [-0.1, -0.05) is 15.9 Å². The zero-order chi connectivity index (χ0) is 12.7. The van der Waals surface area contributed by atoms with E-state index in [2.05, 4.69) is 21.2 Å². The molecule has 1 N–H and O–H groups in total. The summed E-state index contributed by atoms with van der Waals surface area (Å²) in [6.07, 6.45) is 6.41. The molecule has 3 aliphatic rings. The quantitative estimate of drug-likeness (QED) is 0.749. The Morgan fingerprint density at radius 1 is 1.12 bits per heavy atom. The highest BCUT2D eigenvalue weighted by molar-refractivity contribution is 9.10. The van der Waals surface area contributed by atoms with Gasteiger partial charge < -0.3 is 10.1 Å². The van der Waals surface area contributed by atoms with Crippen LogP contribution < -0.4 is 5.32 Å². The van der Waals surface area contributed by atoms with E-state index < -0.39 is 5.60 Å². The van der Waals surface area contributed by atoms with E-state index in [0.717, 1.165) is 38.5 Å². The normalized spacial score (nSPS) is 36.7. The molecule has 0 spiro atoms. The highest BCUT2D eigenvalue weighted by atomic mass is 79.9. The molecule has 17 heavy (non-hydrogen) atoms. The lowest BCUT2D eigenvalue weighted by atomic mass is 9.65. The first-order valence-electron chi connectivity index (χ1n) is 6.42. The van der Waals surface area contributed by atoms with Crippen molar-refractivity contribution in [2.75, 3.05) is 0 Å². The number of alkyl carbamates (subject to hydrolysis) is 1. The maximum Gasteiger partial charge on any atom is 0.408 e. The number of amides is 1. The van der Waals surface area contributed by atoms with E-state index in [4.69, 9.17) is 4.74 Å². The van der Waals surface area contributed by atoms with Gasteiger partial charge in [-0.15, -0.1) is 0 Å². The Morgan fingerprint density at radius 3 is 2.00 bits per heavy atom. The van der Waals surface area contributed by atoms with Crippen molar-refractivity contribution in [3.05, 3.63) is 0 Å². The predicted molar refractivity (Wildman–Crippen MR) is 71.5 cm³/mol. The summed E-state index contributed by atoms with van der Waals surface area (Å²) in [6.45, 7) is 5.69. The number of halogens is 1. The predicted octanol–water partition coefficient (Wildman–Crippen LogP) is 3.75. The third-order valence-electron chi connectivity index (χ3n) is 3.92. The molecular weight excluding hydrogens is 282 g/mol.